The van der Waals surface area contributed by atoms with Crippen molar-refractivity contribution in [3.63, 3.8) is 0 Å². The SMILES string of the molecule is CCCC[N+]1=C(O)C(=c2ccccc2=C(c2ccc(C)cc2)c2ccc(C)cc2)C(=O)NC1=O. The summed E-state index contributed by atoms with van der Waals surface area (Å²) < 4.78 is 1.24. The summed E-state index contributed by atoms with van der Waals surface area (Å²) in [7, 11) is 0. The first-order chi connectivity index (χ1) is 16.4. The molecule has 0 unspecified atom stereocenters. The first kappa shape index (κ1) is 23.2. The van der Waals surface area contributed by atoms with Crippen LogP contribution in [0.25, 0.3) is 11.1 Å². The summed E-state index contributed by atoms with van der Waals surface area (Å²) in [6, 6.07) is 23.4. The van der Waals surface area contributed by atoms with Gasteiger partial charge in [0, 0.05) is 5.22 Å². The van der Waals surface area contributed by atoms with Gasteiger partial charge >= 0.3 is 17.8 Å². The minimum absolute atomic E-state index is 0.100. The number of aliphatic hydroxyl groups excluding tert-OH is 1. The van der Waals surface area contributed by atoms with E-state index in [9.17, 15) is 14.7 Å². The number of carbonyl (C=O) groups is 2. The van der Waals surface area contributed by atoms with Crippen LogP contribution in [0, 0.1) is 13.8 Å². The molecule has 0 spiro atoms. The van der Waals surface area contributed by atoms with Crippen molar-refractivity contribution in [3.05, 3.63) is 105 Å². The largest absolute Gasteiger partial charge is 0.501 e. The van der Waals surface area contributed by atoms with Gasteiger partial charge in [0.05, 0.1) is 6.54 Å². The molecule has 0 aliphatic carbocycles. The molecule has 0 fully saturated rings. The molecule has 1 aliphatic heterocycles. The van der Waals surface area contributed by atoms with E-state index in [4.69, 9.17) is 0 Å². The van der Waals surface area contributed by atoms with Crippen molar-refractivity contribution in [1.82, 2.24) is 5.32 Å². The topological polar surface area (TPSA) is 69.4 Å². The second-order valence-corrected chi connectivity index (χ2v) is 8.62. The van der Waals surface area contributed by atoms with Crippen LogP contribution < -0.4 is 15.8 Å². The standard InChI is InChI=1S/C29H28N2O3/c1-4-5-18-31-28(33)26(27(32)30-29(31)34)24-9-7-6-8-23(24)25(21-14-10-19(2)11-15-21)22-16-12-20(3)13-17-22/h6-17H,4-5,18H2,1-3H3,(H,30,32,34)/p+1. The van der Waals surface area contributed by atoms with Crippen molar-refractivity contribution in [3.8, 4) is 0 Å². The van der Waals surface area contributed by atoms with Crippen molar-refractivity contribution < 1.29 is 19.3 Å². The van der Waals surface area contributed by atoms with Gasteiger partial charge in [-0.25, -0.2) is 4.79 Å². The van der Waals surface area contributed by atoms with E-state index in [1.807, 2.05) is 45.0 Å². The molecule has 4 rings (SSSR count). The molecule has 1 aliphatic rings. The lowest BCUT2D eigenvalue weighted by atomic mass is 9.92. The third kappa shape index (κ3) is 4.55. The Morgan fingerprint density at radius 1 is 0.853 bits per heavy atom. The average molecular weight is 454 g/mol. The number of amides is 3. The monoisotopic (exact) mass is 453 g/mol. The third-order valence-corrected chi connectivity index (χ3v) is 6.05. The number of aliphatic hydroxyl groups is 1. The molecule has 172 valence electrons. The quantitative estimate of drug-likeness (QED) is 0.579. The number of rotatable bonds is 5. The lowest BCUT2D eigenvalue weighted by molar-refractivity contribution is -0.437. The Hall–Kier alpha value is -3.99. The van der Waals surface area contributed by atoms with Crippen molar-refractivity contribution in [2.75, 3.05) is 6.54 Å². The molecule has 3 aromatic carbocycles. The Labute approximate surface area is 199 Å². The fraction of sp³-hybridized carbons (Fsp3) is 0.207. The van der Waals surface area contributed by atoms with Gasteiger partial charge in [0.2, 0.25) is 0 Å². The zero-order chi connectivity index (χ0) is 24.2. The van der Waals surface area contributed by atoms with Crippen molar-refractivity contribution in [1.29, 1.82) is 0 Å². The number of aryl methyl sites for hydroxylation is 2. The Bertz CT molecular complexity index is 1350. The van der Waals surface area contributed by atoms with Gasteiger partial charge in [-0.05, 0) is 42.2 Å². The van der Waals surface area contributed by atoms with Crippen molar-refractivity contribution >= 4 is 29.0 Å². The summed E-state index contributed by atoms with van der Waals surface area (Å²) in [6.45, 7) is 6.43. The predicted octanol–water partition coefficient (Wildman–Crippen LogP) is 3.72. The zero-order valence-corrected chi connectivity index (χ0v) is 19.8. The normalized spacial score (nSPS) is 15.4. The molecule has 5 heteroatoms. The second-order valence-electron chi connectivity index (χ2n) is 8.62. The first-order valence-corrected chi connectivity index (χ1v) is 11.6. The number of unbranched alkanes of at least 4 members (excludes halogenated alkanes) is 1. The lowest BCUT2D eigenvalue weighted by Gasteiger charge is -2.14. The van der Waals surface area contributed by atoms with E-state index in [0.29, 0.717) is 18.2 Å². The van der Waals surface area contributed by atoms with Gasteiger partial charge in [0.25, 0.3) is 0 Å². The molecule has 0 radical (unpaired) electrons. The van der Waals surface area contributed by atoms with Gasteiger partial charge in [-0.15, -0.1) is 0 Å². The lowest BCUT2D eigenvalue weighted by Crippen LogP contribution is -2.51. The molecule has 3 aromatic rings. The van der Waals surface area contributed by atoms with Crippen molar-refractivity contribution in [2.24, 2.45) is 0 Å². The maximum atomic E-state index is 13.0. The maximum Gasteiger partial charge on any atom is 0.501 e. The van der Waals surface area contributed by atoms with Crippen LogP contribution in [-0.2, 0) is 4.79 Å². The molecule has 0 saturated heterocycles. The Kier molecular flexibility index (Phi) is 6.73. The summed E-state index contributed by atoms with van der Waals surface area (Å²) in [5.74, 6) is -0.906. The molecular weight excluding hydrogens is 424 g/mol. The van der Waals surface area contributed by atoms with Crippen LogP contribution in [0.5, 0.6) is 0 Å². The molecule has 1 heterocycles. The summed E-state index contributed by atoms with van der Waals surface area (Å²) >= 11 is 0. The number of hydrogen-bond acceptors (Lipinski definition) is 2. The van der Waals surface area contributed by atoms with Crippen LogP contribution in [-0.4, -0.2) is 34.1 Å². The van der Waals surface area contributed by atoms with Crippen LogP contribution in [0.4, 0.5) is 4.79 Å². The molecule has 0 bridgehead atoms. The minimum atomic E-state index is -0.602. The number of imide groups is 1. The smallest absolute Gasteiger partial charge is 0.477 e. The van der Waals surface area contributed by atoms with Gasteiger partial charge in [0.1, 0.15) is 0 Å². The Morgan fingerprint density at radius 2 is 1.41 bits per heavy atom. The molecule has 2 N–H and O–H groups in total. The van der Waals surface area contributed by atoms with E-state index in [2.05, 4.69) is 53.8 Å². The van der Waals surface area contributed by atoms with Crippen LogP contribution in [0.15, 0.2) is 72.8 Å². The van der Waals surface area contributed by atoms with Crippen LogP contribution in [0.2, 0.25) is 0 Å². The minimum Gasteiger partial charge on any atom is -0.477 e. The fourth-order valence-corrected chi connectivity index (χ4v) is 4.16. The first-order valence-electron chi connectivity index (χ1n) is 11.6. The number of nitrogens with one attached hydrogen (secondary N) is 1. The predicted molar refractivity (Wildman–Crippen MR) is 134 cm³/mol. The van der Waals surface area contributed by atoms with Crippen LogP contribution >= 0.6 is 0 Å². The molecular formula is C29H29N2O3+. The van der Waals surface area contributed by atoms with Gasteiger partial charge in [-0.3, -0.25) is 0 Å². The van der Waals surface area contributed by atoms with Gasteiger partial charge in [0.15, 0.2) is 5.57 Å². The third-order valence-electron chi connectivity index (χ3n) is 6.05. The van der Waals surface area contributed by atoms with Gasteiger partial charge in [-0.2, -0.15) is 14.7 Å². The van der Waals surface area contributed by atoms with E-state index in [0.717, 1.165) is 39.5 Å². The van der Waals surface area contributed by atoms with E-state index in [-0.39, 0.29) is 11.5 Å². The molecule has 0 aromatic heterocycles. The number of nitrogens with zero attached hydrogens (tertiary/aromatic N) is 1. The summed E-state index contributed by atoms with van der Waals surface area (Å²) in [5, 5.41) is 14.9. The highest BCUT2D eigenvalue weighted by Crippen LogP contribution is 2.21. The van der Waals surface area contributed by atoms with E-state index < -0.39 is 11.9 Å². The van der Waals surface area contributed by atoms with Crippen LogP contribution in [0.3, 0.4) is 0 Å². The summed E-state index contributed by atoms with van der Waals surface area (Å²) in [6.07, 6.45) is 1.57. The average Bonchev–Trinajstić information content (AvgIpc) is 2.82. The van der Waals surface area contributed by atoms with Gasteiger partial charge in [-0.1, -0.05) is 97.3 Å². The summed E-state index contributed by atoms with van der Waals surface area (Å²) in [5.41, 5.74) is 5.34. The molecule has 0 atom stereocenters. The second kappa shape index (κ2) is 9.87. The van der Waals surface area contributed by atoms with E-state index in [1.165, 1.54) is 4.58 Å². The van der Waals surface area contributed by atoms with E-state index in [1.54, 1.807) is 0 Å². The Morgan fingerprint density at radius 3 is 1.97 bits per heavy atom. The van der Waals surface area contributed by atoms with Crippen molar-refractivity contribution in [2.45, 2.75) is 33.6 Å². The highest BCUT2D eigenvalue weighted by molar-refractivity contribution is 6.41. The van der Waals surface area contributed by atoms with E-state index >= 15 is 0 Å². The number of urea groups is 1. The highest BCUT2D eigenvalue weighted by atomic mass is 16.3. The summed E-state index contributed by atoms with van der Waals surface area (Å²) in [4.78, 5) is 25.4. The number of benzene rings is 3. The highest BCUT2D eigenvalue weighted by Gasteiger charge is 2.37. The maximum absolute atomic E-state index is 13.0. The Balaban J connectivity index is 2.14. The molecule has 34 heavy (non-hydrogen) atoms. The zero-order valence-electron chi connectivity index (χ0n) is 19.8. The number of carbonyl (C=O) groups excluding carboxylic acids is 2. The van der Waals surface area contributed by atoms with Crippen LogP contribution in [0.1, 0.15) is 42.0 Å². The molecule has 5 nitrogen and oxygen atoms in total. The number of hydrogen-bond donors (Lipinski definition) is 2. The molecule has 3 amide bonds. The molecule has 0 saturated carbocycles. The fourth-order valence-electron chi connectivity index (χ4n) is 4.16. The van der Waals surface area contributed by atoms with Gasteiger partial charge < -0.3 is 5.11 Å².